The Labute approximate surface area is 106 Å². The van der Waals surface area contributed by atoms with Crippen molar-refractivity contribution in [3.05, 3.63) is 30.1 Å². The highest BCUT2D eigenvalue weighted by atomic mass is 19.1. The number of amides is 2. The summed E-state index contributed by atoms with van der Waals surface area (Å²) in [5.41, 5.74) is 0.465. The number of carbonyl (C=O) groups excluding carboxylic acids is 1. The number of anilines is 1. The minimum Gasteiger partial charge on any atom is -0.372 e. The van der Waals surface area contributed by atoms with Gasteiger partial charge in [0, 0.05) is 18.8 Å². The molecule has 18 heavy (non-hydrogen) atoms. The predicted octanol–water partition coefficient (Wildman–Crippen LogP) is 2.47. The maximum Gasteiger partial charge on any atom is 0.322 e. The molecular formula is C13H17FN2O2. The van der Waals surface area contributed by atoms with Gasteiger partial charge in [-0.3, -0.25) is 0 Å². The molecule has 5 heteroatoms. The second kappa shape index (κ2) is 5.35. The minimum absolute atomic E-state index is 0.0204. The van der Waals surface area contributed by atoms with E-state index >= 15 is 0 Å². The van der Waals surface area contributed by atoms with E-state index in [-0.39, 0.29) is 24.1 Å². The fraction of sp³-hybridized carbons (Fsp3) is 0.462. The molecule has 1 N–H and O–H groups in total. The Balaban J connectivity index is 1.99. The molecule has 0 bridgehead atoms. The van der Waals surface area contributed by atoms with Crippen LogP contribution in [0, 0.1) is 5.82 Å². The number of hydrogen-bond acceptors (Lipinski definition) is 2. The molecule has 0 aromatic heterocycles. The third kappa shape index (κ3) is 3.20. The molecule has 1 aromatic carbocycles. The van der Waals surface area contributed by atoms with Gasteiger partial charge in [0.1, 0.15) is 5.82 Å². The first-order chi connectivity index (χ1) is 8.54. The molecule has 1 aliphatic heterocycles. The summed E-state index contributed by atoms with van der Waals surface area (Å²) in [6.45, 7) is 4.95. The van der Waals surface area contributed by atoms with Crippen LogP contribution in [0.15, 0.2) is 24.3 Å². The topological polar surface area (TPSA) is 41.6 Å². The van der Waals surface area contributed by atoms with E-state index in [0.717, 1.165) is 0 Å². The van der Waals surface area contributed by atoms with Gasteiger partial charge in [-0.1, -0.05) is 6.07 Å². The zero-order chi connectivity index (χ0) is 13.1. The van der Waals surface area contributed by atoms with Crippen molar-refractivity contribution in [1.29, 1.82) is 0 Å². The summed E-state index contributed by atoms with van der Waals surface area (Å²) in [4.78, 5) is 13.7. The van der Waals surface area contributed by atoms with Crippen molar-refractivity contribution in [3.8, 4) is 0 Å². The quantitative estimate of drug-likeness (QED) is 0.834. The number of ether oxygens (including phenoxy) is 1. The lowest BCUT2D eigenvalue weighted by Crippen LogP contribution is -2.49. The third-order valence-electron chi connectivity index (χ3n) is 2.78. The fourth-order valence-electron chi connectivity index (χ4n) is 2.11. The second-order valence-corrected chi connectivity index (χ2v) is 4.60. The van der Waals surface area contributed by atoms with E-state index in [0.29, 0.717) is 18.8 Å². The molecule has 4 nitrogen and oxygen atoms in total. The summed E-state index contributed by atoms with van der Waals surface area (Å²) in [5.74, 6) is -0.364. The Morgan fingerprint density at radius 1 is 1.39 bits per heavy atom. The van der Waals surface area contributed by atoms with Crippen molar-refractivity contribution < 1.29 is 13.9 Å². The molecule has 1 saturated heterocycles. The van der Waals surface area contributed by atoms with Crippen molar-refractivity contribution >= 4 is 11.7 Å². The Morgan fingerprint density at radius 3 is 2.67 bits per heavy atom. The lowest BCUT2D eigenvalue weighted by Gasteiger charge is -2.35. The first-order valence-electron chi connectivity index (χ1n) is 6.01. The van der Waals surface area contributed by atoms with Gasteiger partial charge in [-0.25, -0.2) is 9.18 Å². The highest BCUT2D eigenvalue weighted by molar-refractivity contribution is 5.89. The lowest BCUT2D eigenvalue weighted by atomic mass is 10.2. The minimum atomic E-state index is -0.364. The van der Waals surface area contributed by atoms with Gasteiger partial charge >= 0.3 is 6.03 Å². The molecule has 1 fully saturated rings. The van der Waals surface area contributed by atoms with Crippen LogP contribution >= 0.6 is 0 Å². The van der Waals surface area contributed by atoms with Crippen molar-refractivity contribution in [2.24, 2.45) is 0 Å². The summed E-state index contributed by atoms with van der Waals surface area (Å²) >= 11 is 0. The number of nitrogens with one attached hydrogen (secondary N) is 1. The van der Waals surface area contributed by atoms with Crippen LogP contribution in [0.1, 0.15) is 13.8 Å². The molecule has 1 heterocycles. The average Bonchev–Trinajstić information content (AvgIpc) is 2.27. The summed E-state index contributed by atoms with van der Waals surface area (Å²) in [6, 6.07) is 5.64. The van der Waals surface area contributed by atoms with Crippen LogP contribution < -0.4 is 5.32 Å². The van der Waals surface area contributed by atoms with Gasteiger partial charge in [-0.05, 0) is 32.0 Å². The number of hydrogen-bond donors (Lipinski definition) is 1. The largest absolute Gasteiger partial charge is 0.372 e. The molecular weight excluding hydrogens is 235 g/mol. The Morgan fingerprint density at radius 2 is 2.06 bits per heavy atom. The van der Waals surface area contributed by atoms with Crippen molar-refractivity contribution in [3.63, 3.8) is 0 Å². The number of halogens is 1. The molecule has 0 spiro atoms. The van der Waals surface area contributed by atoms with Crippen LogP contribution in [0.5, 0.6) is 0 Å². The van der Waals surface area contributed by atoms with Crippen LogP contribution in [0.25, 0.3) is 0 Å². The van der Waals surface area contributed by atoms with Crippen LogP contribution in [0.2, 0.25) is 0 Å². The number of benzene rings is 1. The van der Waals surface area contributed by atoms with Gasteiger partial charge in [0.2, 0.25) is 0 Å². The van der Waals surface area contributed by atoms with Gasteiger partial charge in [-0.15, -0.1) is 0 Å². The fourth-order valence-corrected chi connectivity index (χ4v) is 2.11. The average molecular weight is 252 g/mol. The molecule has 2 atom stereocenters. The number of morpholine rings is 1. The Kier molecular flexibility index (Phi) is 3.81. The maximum atomic E-state index is 13.0. The number of urea groups is 1. The molecule has 1 aromatic rings. The lowest BCUT2D eigenvalue weighted by molar-refractivity contribution is -0.0530. The molecule has 0 saturated carbocycles. The molecule has 2 amide bonds. The van der Waals surface area contributed by atoms with E-state index < -0.39 is 0 Å². The second-order valence-electron chi connectivity index (χ2n) is 4.60. The summed E-state index contributed by atoms with van der Waals surface area (Å²) in [5, 5.41) is 2.68. The van der Waals surface area contributed by atoms with Crippen LogP contribution in [0.4, 0.5) is 14.9 Å². The van der Waals surface area contributed by atoms with E-state index in [1.165, 1.54) is 12.1 Å². The summed E-state index contributed by atoms with van der Waals surface area (Å²) in [7, 11) is 0. The third-order valence-corrected chi connectivity index (χ3v) is 2.78. The van der Waals surface area contributed by atoms with Crippen LogP contribution in [-0.4, -0.2) is 36.2 Å². The van der Waals surface area contributed by atoms with E-state index in [9.17, 15) is 9.18 Å². The monoisotopic (exact) mass is 252 g/mol. The molecule has 1 aliphatic rings. The maximum absolute atomic E-state index is 13.0. The first-order valence-corrected chi connectivity index (χ1v) is 6.01. The van der Waals surface area contributed by atoms with Gasteiger partial charge in [0.05, 0.1) is 12.2 Å². The molecule has 0 unspecified atom stereocenters. The van der Waals surface area contributed by atoms with Gasteiger partial charge in [0.25, 0.3) is 0 Å². The van der Waals surface area contributed by atoms with E-state index in [1.807, 2.05) is 13.8 Å². The summed E-state index contributed by atoms with van der Waals surface area (Å²) < 4.78 is 18.6. The number of carbonyl (C=O) groups is 1. The highest BCUT2D eigenvalue weighted by Gasteiger charge is 2.25. The zero-order valence-electron chi connectivity index (χ0n) is 10.5. The number of rotatable bonds is 1. The zero-order valence-corrected chi connectivity index (χ0v) is 10.5. The van der Waals surface area contributed by atoms with Crippen LogP contribution in [-0.2, 0) is 4.74 Å². The molecule has 0 aliphatic carbocycles. The standard InChI is InChI=1S/C13H17FN2O2/c1-9-7-16(8-10(2)18-9)13(17)15-12-5-3-4-11(14)6-12/h3-6,9-10H,7-8H2,1-2H3,(H,15,17)/t9-,10+. The van der Waals surface area contributed by atoms with Gasteiger partial charge in [-0.2, -0.15) is 0 Å². The molecule has 2 rings (SSSR count). The first kappa shape index (κ1) is 12.8. The van der Waals surface area contributed by atoms with E-state index in [1.54, 1.807) is 17.0 Å². The molecule has 0 radical (unpaired) electrons. The van der Waals surface area contributed by atoms with Crippen molar-refractivity contribution in [2.75, 3.05) is 18.4 Å². The summed E-state index contributed by atoms with van der Waals surface area (Å²) in [6.07, 6.45) is 0.0408. The van der Waals surface area contributed by atoms with Crippen molar-refractivity contribution in [1.82, 2.24) is 4.90 Å². The highest BCUT2D eigenvalue weighted by Crippen LogP contribution is 2.14. The Bertz CT molecular complexity index is 429. The predicted molar refractivity (Wildman–Crippen MR) is 67.0 cm³/mol. The van der Waals surface area contributed by atoms with Crippen molar-refractivity contribution in [2.45, 2.75) is 26.1 Å². The van der Waals surface area contributed by atoms with Gasteiger partial charge in [0.15, 0.2) is 0 Å². The normalized spacial score (nSPS) is 23.8. The Hall–Kier alpha value is -1.62. The SMILES string of the molecule is C[C@@H]1CN(C(=O)Nc2cccc(F)c2)C[C@H](C)O1. The smallest absolute Gasteiger partial charge is 0.322 e. The van der Waals surface area contributed by atoms with E-state index in [2.05, 4.69) is 5.32 Å². The van der Waals surface area contributed by atoms with Crippen LogP contribution in [0.3, 0.4) is 0 Å². The molecule has 98 valence electrons. The van der Waals surface area contributed by atoms with E-state index in [4.69, 9.17) is 4.74 Å². The van der Waals surface area contributed by atoms with Gasteiger partial charge < -0.3 is 15.0 Å². The number of nitrogens with zero attached hydrogens (tertiary/aromatic N) is 1.